The van der Waals surface area contributed by atoms with Crippen molar-refractivity contribution in [1.29, 1.82) is 0 Å². The fraction of sp³-hybridized carbons (Fsp3) is 1.00. The maximum atomic E-state index is 3.71. The summed E-state index contributed by atoms with van der Waals surface area (Å²) in [4.78, 5) is 5.52. The molecule has 0 aliphatic carbocycles. The first kappa shape index (κ1) is 13.8. The highest BCUT2D eigenvalue weighted by Gasteiger charge is 2.36. The lowest BCUT2D eigenvalue weighted by atomic mass is 9.96. The van der Waals surface area contributed by atoms with Gasteiger partial charge in [-0.15, -0.1) is 0 Å². The van der Waals surface area contributed by atoms with Crippen molar-refractivity contribution in [2.75, 3.05) is 26.2 Å². The normalized spacial score (nSPS) is 39.2. The first-order valence-electron chi connectivity index (χ1n) is 8.47. The average molecular weight is 265 g/mol. The molecule has 110 valence electrons. The number of nitrogens with zero attached hydrogens (tertiary/aromatic N) is 2. The summed E-state index contributed by atoms with van der Waals surface area (Å²) < 4.78 is 0. The Bertz CT molecular complexity index is 288. The van der Waals surface area contributed by atoms with E-state index in [-0.39, 0.29) is 0 Å². The van der Waals surface area contributed by atoms with Crippen LogP contribution in [0.3, 0.4) is 0 Å². The predicted octanol–water partition coefficient (Wildman–Crippen LogP) is 2.08. The zero-order valence-corrected chi connectivity index (χ0v) is 12.8. The zero-order chi connectivity index (χ0) is 13.2. The van der Waals surface area contributed by atoms with E-state index in [9.17, 15) is 0 Å². The molecule has 0 saturated carbocycles. The summed E-state index contributed by atoms with van der Waals surface area (Å²) in [5.41, 5.74) is 0. The first-order valence-corrected chi connectivity index (χ1v) is 8.47. The van der Waals surface area contributed by atoms with E-state index in [1.54, 1.807) is 0 Å². The van der Waals surface area contributed by atoms with Gasteiger partial charge < -0.3 is 5.32 Å². The number of piperazine rings is 1. The minimum Gasteiger partial charge on any atom is -0.314 e. The lowest BCUT2D eigenvalue weighted by molar-refractivity contribution is 0.0268. The van der Waals surface area contributed by atoms with Gasteiger partial charge in [0.2, 0.25) is 0 Å². The Balaban J connectivity index is 1.54. The molecule has 3 aliphatic heterocycles. The van der Waals surface area contributed by atoms with Gasteiger partial charge in [0, 0.05) is 37.3 Å². The minimum atomic E-state index is 0.743. The third-order valence-corrected chi connectivity index (χ3v) is 5.59. The summed E-state index contributed by atoms with van der Waals surface area (Å²) in [6.07, 6.45) is 8.39. The number of rotatable bonds is 3. The zero-order valence-electron chi connectivity index (χ0n) is 12.8. The predicted molar refractivity (Wildman–Crippen MR) is 80.5 cm³/mol. The molecule has 0 aromatic rings. The second kappa shape index (κ2) is 6.11. The minimum absolute atomic E-state index is 0.743. The summed E-state index contributed by atoms with van der Waals surface area (Å²) in [5.74, 6) is 0. The van der Waals surface area contributed by atoms with Crippen molar-refractivity contribution in [3.05, 3.63) is 0 Å². The standard InChI is InChI=1S/C16H31N3/c1-13(10-15-6-3-4-8-17-15)19-12-16-7-5-9-18(16)11-14(19)2/h13-17H,3-12H2,1-2H3. The molecule has 3 heteroatoms. The van der Waals surface area contributed by atoms with Crippen LogP contribution in [0.1, 0.15) is 52.4 Å². The van der Waals surface area contributed by atoms with E-state index in [0.717, 1.165) is 24.2 Å². The topological polar surface area (TPSA) is 18.5 Å². The Kier molecular flexibility index (Phi) is 4.45. The van der Waals surface area contributed by atoms with Gasteiger partial charge in [-0.25, -0.2) is 0 Å². The fourth-order valence-electron chi connectivity index (χ4n) is 4.50. The molecule has 4 unspecified atom stereocenters. The second-order valence-corrected chi connectivity index (χ2v) is 7.07. The summed E-state index contributed by atoms with van der Waals surface area (Å²) in [7, 11) is 0. The Labute approximate surface area is 118 Å². The number of piperidine rings is 1. The van der Waals surface area contributed by atoms with Crippen LogP contribution in [0, 0.1) is 0 Å². The van der Waals surface area contributed by atoms with Crippen LogP contribution in [0.4, 0.5) is 0 Å². The van der Waals surface area contributed by atoms with E-state index in [2.05, 4.69) is 29.0 Å². The monoisotopic (exact) mass is 265 g/mol. The van der Waals surface area contributed by atoms with Gasteiger partial charge in [-0.2, -0.15) is 0 Å². The summed E-state index contributed by atoms with van der Waals surface area (Å²) in [6.45, 7) is 10.1. The van der Waals surface area contributed by atoms with E-state index in [1.165, 1.54) is 64.7 Å². The molecular weight excluding hydrogens is 234 g/mol. The van der Waals surface area contributed by atoms with Crippen molar-refractivity contribution in [3.8, 4) is 0 Å². The van der Waals surface area contributed by atoms with Gasteiger partial charge in [0.1, 0.15) is 0 Å². The molecule has 0 bridgehead atoms. The third-order valence-electron chi connectivity index (χ3n) is 5.59. The van der Waals surface area contributed by atoms with E-state index < -0.39 is 0 Å². The lowest BCUT2D eigenvalue weighted by Crippen LogP contribution is -2.58. The van der Waals surface area contributed by atoms with Gasteiger partial charge in [0.25, 0.3) is 0 Å². The van der Waals surface area contributed by atoms with E-state index >= 15 is 0 Å². The maximum absolute atomic E-state index is 3.71. The summed E-state index contributed by atoms with van der Waals surface area (Å²) in [5, 5.41) is 3.71. The lowest BCUT2D eigenvalue weighted by Gasteiger charge is -2.46. The molecule has 3 nitrogen and oxygen atoms in total. The van der Waals surface area contributed by atoms with Crippen LogP contribution >= 0.6 is 0 Å². The largest absolute Gasteiger partial charge is 0.314 e. The number of fused-ring (bicyclic) bond motifs is 1. The maximum Gasteiger partial charge on any atom is 0.0224 e. The SMILES string of the molecule is CC(CC1CCCCN1)N1CC2CCCN2CC1C. The van der Waals surface area contributed by atoms with Crippen LogP contribution in [0.25, 0.3) is 0 Å². The first-order chi connectivity index (χ1) is 9.24. The van der Waals surface area contributed by atoms with Crippen LogP contribution < -0.4 is 5.32 Å². The molecule has 0 radical (unpaired) electrons. The van der Waals surface area contributed by atoms with Gasteiger partial charge in [-0.1, -0.05) is 6.42 Å². The van der Waals surface area contributed by atoms with Crippen molar-refractivity contribution in [2.24, 2.45) is 0 Å². The molecule has 4 atom stereocenters. The summed E-state index contributed by atoms with van der Waals surface area (Å²) in [6, 6.07) is 3.12. The van der Waals surface area contributed by atoms with Crippen LogP contribution in [-0.2, 0) is 0 Å². The number of hydrogen-bond donors (Lipinski definition) is 1. The molecule has 0 aromatic carbocycles. The second-order valence-electron chi connectivity index (χ2n) is 7.07. The van der Waals surface area contributed by atoms with E-state index in [4.69, 9.17) is 0 Å². The molecule has 0 amide bonds. The van der Waals surface area contributed by atoms with Crippen LogP contribution in [-0.4, -0.2) is 60.1 Å². The molecule has 3 aliphatic rings. The van der Waals surface area contributed by atoms with Crippen LogP contribution in [0.5, 0.6) is 0 Å². The van der Waals surface area contributed by atoms with Crippen LogP contribution in [0.2, 0.25) is 0 Å². The van der Waals surface area contributed by atoms with Gasteiger partial charge in [0.05, 0.1) is 0 Å². The highest BCUT2D eigenvalue weighted by atomic mass is 15.3. The van der Waals surface area contributed by atoms with E-state index in [1.807, 2.05) is 0 Å². The van der Waals surface area contributed by atoms with Gasteiger partial charge in [-0.3, -0.25) is 9.80 Å². The van der Waals surface area contributed by atoms with Gasteiger partial charge in [0.15, 0.2) is 0 Å². The van der Waals surface area contributed by atoms with Crippen LogP contribution in [0.15, 0.2) is 0 Å². The molecule has 3 fully saturated rings. The van der Waals surface area contributed by atoms with Crippen molar-refractivity contribution in [1.82, 2.24) is 15.1 Å². The quantitative estimate of drug-likeness (QED) is 0.843. The molecule has 0 aromatic heterocycles. The van der Waals surface area contributed by atoms with Crippen molar-refractivity contribution < 1.29 is 0 Å². The molecular formula is C16H31N3. The third kappa shape index (κ3) is 3.14. The van der Waals surface area contributed by atoms with Crippen molar-refractivity contribution >= 4 is 0 Å². The van der Waals surface area contributed by atoms with Gasteiger partial charge in [-0.05, 0) is 59.0 Å². The molecule has 3 saturated heterocycles. The Morgan fingerprint density at radius 1 is 1.16 bits per heavy atom. The highest BCUT2D eigenvalue weighted by molar-refractivity contribution is 4.93. The smallest absolute Gasteiger partial charge is 0.0224 e. The van der Waals surface area contributed by atoms with E-state index in [0.29, 0.717) is 0 Å². The Hall–Kier alpha value is -0.120. The fourth-order valence-corrected chi connectivity index (χ4v) is 4.50. The molecule has 3 heterocycles. The molecule has 1 N–H and O–H groups in total. The van der Waals surface area contributed by atoms with Crippen molar-refractivity contribution in [3.63, 3.8) is 0 Å². The highest BCUT2D eigenvalue weighted by Crippen LogP contribution is 2.27. The molecule has 0 spiro atoms. The Morgan fingerprint density at radius 3 is 2.84 bits per heavy atom. The molecule has 3 rings (SSSR count). The summed E-state index contributed by atoms with van der Waals surface area (Å²) >= 11 is 0. The Morgan fingerprint density at radius 2 is 2.05 bits per heavy atom. The average Bonchev–Trinajstić information content (AvgIpc) is 2.86. The number of hydrogen-bond acceptors (Lipinski definition) is 3. The van der Waals surface area contributed by atoms with Gasteiger partial charge >= 0.3 is 0 Å². The number of nitrogens with one attached hydrogen (secondary N) is 1. The van der Waals surface area contributed by atoms with Crippen molar-refractivity contribution in [2.45, 2.75) is 76.5 Å². The molecule has 19 heavy (non-hydrogen) atoms.